The van der Waals surface area contributed by atoms with E-state index in [4.69, 9.17) is 0 Å². The molecule has 0 bridgehead atoms. The van der Waals surface area contributed by atoms with Gasteiger partial charge < -0.3 is 0 Å². The van der Waals surface area contributed by atoms with Crippen molar-refractivity contribution in [3.05, 3.63) is 153 Å². The standard InChI is InChI=1S/C45H35BrF6/c1-2-7-26-12-14-27(15-13-26)28-16-18-29(19-17-28)30-20-23-38(44(51)40(30)47)45(52)43(50)36-22-21-35(31-8-3-4-9-32(31)36)41(48)42(49)37-24-25-39(46)34-11-6-5-10-33(34)37/h3-6,8-11,16-27H,2,7,12-15H2,1H3. The lowest BCUT2D eigenvalue weighted by Crippen LogP contribution is -2.13. The molecule has 0 atom stereocenters. The van der Waals surface area contributed by atoms with Crippen molar-refractivity contribution in [2.75, 3.05) is 0 Å². The van der Waals surface area contributed by atoms with Gasteiger partial charge in [0.1, 0.15) is 0 Å². The van der Waals surface area contributed by atoms with Crippen molar-refractivity contribution in [3.63, 3.8) is 0 Å². The SMILES string of the molecule is CCCC1CCC(c2ccc(-c3ccc(C(F)=C(F)c4ccc(C(F)=C(F)c5ccc(Br)c6ccccc56)c5ccccc45)c(F)c3F)cc2)CC1. The highest BCUT2D eigenvalue weighted by Gasteiger charge is 2.25. The van der Waals surface area contributed by atoms with Crippen LogP contribution in [0, 0.1) is 17.6 Å². The fraction of sp³-hybridized carbons (Fsp3) is 0.200. The Hall–Kier alpha value is -4.62. The van der Waals surface area contributed by atoms with Crippen LogP contribution >= 0.6 is 15.9 Å². The summed E-state index contributed by atoms with van der Waals surface area (Å²) in [5.41, 5.74) is 0.179. The number of halogens is 7. The predicted octanol–water partition coefficient (Wildman–Crippen LogP) is 15.3. The minimum absolute atomic E-state index is 0.0307. The molecule has 0 unspecified atom stereocenters. The highest BCUT2D eigenvalue weighted by molar-refractivity contribution is 9.10. The molecule has 0 saturated heterocycles. The lowest BCUT2D eigenvalue weighted by molar-refractivity contribution is 0.308. The normalized spacial score (nSPS) is 17.3. The first kappa shape index (κ1) is 35.8. The highest BCUT2D eigenvalue weighted by atomic mass is 79.9. The summed E-state index contributed by atoms with van der Waals surface area (Å²) in [6.45, 7) is 2.21. The Bertz CT molecular complexity index is 2350. The van der Waals surface area contributed by atoms with Crippen molar-refractivity contribution < 1.29 is 26.3 Å². The zero-order valence-corrected chi connectivity index (χ0v) is 30.0. The van der Waals surface area contributed by atoms with E-state index in [1.807, 2.05) is 12.1 Å². The van der Waals surface area contributed by atoms with Gasteiger partial charge in [0.25, 0.3) is 0 Å². The quantitative estimate of drug-likeness (QED) is 0.107. The molecule has 264 valence electrons. The van der Waals surface area contributed by atoms with Crippen LogP contribution in [0.15, 0.2) is 114 Å². The van der Waals surface area contributed by atoms with Gasteiger partial charge in [0.15, 0.2) is 34.9 Å². The summed E-state index contributed by atoms with van der Waals surface area (Å²) in [7, 11) is 0. The molecule has 0 aliphatic heterocycles. The smallest absolute Gasteiger partial charge is 0.169 e. The minimum atomic E-state index is -1.61. The molecule has 0 heterocycles. The van der Waals surface area contributed by atoms with Crippen LogP contribution in [-0.2, 0) is 0 Å². The molecule has 7 rings (SSSR count). The Morgan fingerprint density at radius 3 is 1.54 bits per heavy atom. The van der Waals surface area contributed by atoms with E-state index in [1.165, 1.54) is 49.9 Å². The van der Waals surface area contributed by atoms with E-state index in [9.17, 15) is 0 Å². The second-order valence-corrected chi connectivity index (χ2v) is 14.4. The van der Waals surface area contributed by atoms with Crippen LogP contribution in [0.25, 0.3) is 56.0 Å². The second-order valence-electron chi connectivity index (χ2n) is 13.5. The summed E-state index contributed by atoms with van der Waals surface area (Å²) in [5.74, 6) is -7.00. The van der Waals surface area contributed by atoms with E-state index in [2.05, 4.69) is 22.9 Å². The first-order chi connectivity index (χ1) is 25.2. The summed E-state index contributed by atoms with van der Waals surface area (Å²) in [5, 5.41) is 1.35. The van der Waals surface area contributed by atoms with Gasteiger partial charge in [0, 0.05) is 26.7 Å². The van der Waals surface area contributed by atoms with Crippen LogP contribution < -0.4 is 0 Å². The van der Waals surface area contributed by atoms with Gasteiger partial charge in [-0.15, -0.1) is 0 Å². The molecule has 6 aromatic rings. The molecule has 1 saturated carbocycles. The highest BCUT2D eigenvalue weighted by Crippen LogP contribution is 2.42. The summed E-state index contributed by atoms with van der Waals surface area (Å²) < 4.78 is 95.3. The average molecular weight is 770 g/mol. The maximum atomic E-state index is 16.0. The van der Waals surface area contributed by atoms with Crippen LogP contribution in [-0.4, -0.2) is 0 Å². The first-order valence-electron chi connectivity index (χ1n) is 17.6. The van der Waals surface area contributed by atoms with Gasteiger partial charge in [0.2, 0.25) is 0 Å². The fourth-order valence-electron chi connectivity index (χ4n) is 7.68. The Morgan fingerprint density at radius 1 is 0.538 bits per heavy atom. The maximum Gasteiger partial charge on any atom is 0.169 e. The maximum absolute atomic E-state index is 16.0. The molecule has 0 N–H and O–H groups in total. The van der Waals surface area contributed by atoms with Gasteiger partial charge in [-0.1, -0.05) is 133 Å². The van der Waals surface area contributed by atoms with E-state index >= 15 is 26.3 Å². The third kappa shape index (κ3) is 6.71. The third-order valence-corrected chi connectivity index (χ3v) is 11.1. The summed E-state index contributed by atoms with van der Waals surface area (Å²) >= 11 is 3.44. The molecule has 6 aromatic carbocycles. The molecule has 0 amide bonds. The molecular weight excluding hydrogens is 734 g/mol. The Balaban J connectivity index is 1.20. The fourth-order valence-corrected chi connectivity index (χ4v) is 8.16. The van der Waals surface area contributed by atoms with Crippen molar-refractivity contribution in [2.24, 2.45) is 5.92 Å². The summed E-state index contributed by atoms with van der Waals surface area (Å²) in [6.07, 6.45) is 7.02. The number of fused-ring (bicyclic) bond motifs is 2. The average Bonchev–Trinajstić information content (AvgIpc) is 3.18. The van der Waals surface area contributed by atoms with Gasteiger partial charge in [-0.3, -0.25) is 0 Å². The van der Waals surface area contributed by atoms with Crippen molar-refractivity contribution in [2.45, 2.75) is 51.4 Å². The minimum Gasteiger partial charge on any atom is -0.203 e. The van der Waals surface area contributed by atoms with Crippen molar-refractivity contribution in [1.29, 1.82) is 0 Å². The van der Waals surface area contributed by atoms with Crippen LogP contribution in [0.4, 0.5) is 26.3 Å². The van der Waals surface area contributed by atoms with Gasteiger partial charge >= 0.3 is 0 Å². The Labute approximate surface area is 307 Å². The van der Waals surface area contributed by atoms with E-state index in [0.29, 0.717) is 26.7 Å². The van der Waals surface area contributed by atoms with Crippen LogP contribution in [0.5, 0.6) is 0 Å². The Kier molecular flexibility index (Phi) is 10.4. The lowest BCUT2D eigenvalue weighted by atomic mass is 9.77. The van der Waals surface area contributed by atoms with E-state index in [1.54, 1.807) is 54.6 Å². The van der Waals surface area contributed by atoms with E-state index < -0.39 is 40.5 Å². The molecule has 1 fully saturated rings. The van der Waals surface area contributed by atoms with Gasteiger partial charge in [-0.05, 0) is 82.3 Å². The predicted molar refractivity (Wildman–Crippen MR) is 205 cm³/mol. The van der Waals surface area contributed by atoms with Crippen LogP contribution in [0.3, 0.4) is 0 Å². The van der Waals surface area contributed by atoms with Crippen molar-refractivity contribution >= 4 is 60.8 Å². The molecular formula is C45H35BrF6. The zero-order chi connectivity index (χ0) is 36.5. The first-order valence-corrected chi connectivity index (χ1v) is 18.4. The molecule has 1 aliphatic rings. The number of benzene rings is 6. The Morgan fingerprint density at radius 2 is 1.00 bits per heavy atom. The van der Waals surface area contributed by atoms with Crippen LogP contribution in [0.1, 0.15) is 79.2 Å². The van der Waals surface area contributed by atoms with Crippen LogP contribution in [0.2, 0.25) is 0 Å². The number of rotatable bonds is 8. The molecule has 0 spiro atoms. The third-order valence-electron chi connectivity index (χ3n) is 10.4. The van der Waals surface area contributed by atoms with Gasteiger partial charge in [-0.25, -0.2) is 26.3 Å². The van der Waals surface area contributed by atoms with Gasteiger partial charge in [0.05, 0.1) is 5.56 Å². The van der Waals surface area contributed by atoms with E-state index in [0.717, 1.165) is 42.5 Å². The number of hydrogen-bond donors (Lipinski definition) is 0. The number of hydrogen-bond acceptors (Lipinski definition) is 0. The topological polar surface area (TPSA) is 0 Å². The zero-order valence-electron chi connectivity index (χ0n) is 28.4. The van der Waals surface area contributed by atoms with E-state index in [-0.39, 0.29) is 33.0 Å². The van der Waals surface area contributed by atoms with Crippen molar-refractivity contribution in [3.8, 4) is 11.1 Å². The molecule has 0 radical (unpaired) electrons. The molecule has 0 aromatic heterocycles. The van der Waals surface area contributed by atoms with Gasteiger partial charge in [-0.2, -0.15) is 0 Å². The molecule has 0 nitrogen and oxygen atoms in total. The summed E-state index contributed by atoms with van der Waals surface area (Å²) in [4.78, 5) is 0. The second kappa shape index (κ2) is 15.2. The summed E-state index contributed by atoms with van der Waals surface area (Å²) in [6, 6.07) is 27.9. The largest absolute Gasteiger partial charge is 0.203 e. The lowest BCUT2D eigenvalue weighted by Gasteiger charge is -2.28. The molecule has 1 aliphatic carbocycles. The molecule has 52 heavy (non-hydrogen) atoms. The monoisotopic (exact) mass is 768 g/mol. The van der Waals surface area contributed by atoms with Crippen molar-refractivity contribution in [1.82, 2.24) is 0 Å². The molecule has 7 heteroatoms.